The molecule has 6 nitrogen and oxygen atoms in total. The Morgan fingerprint density at radius 3 is 2.59 bits per heavy atom. The summed E-state index contributed by atoms with van der Waals surface area (Å²) >= 11 is 0. The Bertz CT molecular complexity index is 876. The van der Waals surface area contributed by atoms with E-state index in [2.05, 4.69) is 27.2 Å². The van der Waals surface area contributed by atoms with Crippen molar-refractivity contribution in [1.82, 2.24) is 19.4 Å². The highest BCUT2D eigenvalue weighted by Crippen LogP contribution is 2.32. The van der Waals surface area contributed by atoms with Gasteiger partial charge in [-0.3, -0.25) is 4.68 Å². The summed E-state index contributed by atoms with van der Waals surface area (Å²) in [6.45, 7) is 2.06. The van der Waals surface area contributed by atoms with Gasteiger partial charge in [-0.15, -0.1) is 0 Å². The van der Waals surface area contributed by atoms with E-state index in [1.54, 1.807) is 10.9 Å². The maximum absolute atomic E-state index is 9.35. The van der Waals surface area contributed by atoms with Crippen molar-refractivity contribution in [2.24, 2.45) is 7.05 Å². The standard InChI is InChI=1S/C16H16N6/c1-20-10-14(9-18-20)12-6-15(21-4-2-3-5-21)16-13(7-17)8-19-22(16)11-12/h6,8-11H,2-5H2,1H3. The lowest BCUT2D eigenvalue weighted by Gasteiger charge is -2.20. The molecule has 1 aliphatic heterocycles. The number of rotatable bonds is 2. The Kier molecular flexibility index (Phi) is 2.86. The van der Waals surface area contributed by atoms with Gasteiger partial charge in [0.1, 0.15) is 11.6 Å². The Balaban J connectivity index is 1.96. The second-order valence-electron chi connectivity index (χ2n) is 5.67. The maximum atomic E-state index is 9.35. The topological polar surface area (TPSA) is 62.2 Å². The van der Waals surface area contributed by atoms with Crippen molar-refractivity contribution < 1.29 is 0 Å². The van der Waals surface area contributed by atoms with Crippen LogP contribution < -0.4 is 4.90 Å². The summed E-state index contributed by atoms with van der Waals surface area (Å²) in [6, 6.07) is 4.40. The molecule has 110 valence electrons. The van der Waals surface area contributed by atoms with Crippen LogP contribution in [0.25, 0.3) is 16.6 Å². The summed E-state index contributed by atoms with van der Waals surface area (Å²) < 4.78 is 3.60. The molecule has 1 aliphatic rings. The number of anilines is 1. The molecule has 3 aromatic heterocycles. The normalized spacial score (nSPS) is 14.6. The van der Waals surface area contributed by atoms with Gasteiger partial charge in [-0.1, -0.05) is 0 Å². The fourth-order valence-electron chi connectivity index (χ4n) is 3.11. The molecule has 3 aromatic rings. The SMILES string of the molecule is Cn1cc(-c2cc(N3CCCC3)c3c(C#N)cnn3c2)cn1. The number of aromatic nitrogens is 4. The van der Waals surface area contributed by atoms with Gasteiger partial charge in [0, 0.05) is 43.7 Å². The molecule has 22 heavy (non-hydrogen) atoms. The van der Waals surface area contributed by atoms with Crippen LogP contribution in [0.1, 0.15) is 18.4 Å². The minimum atomic E-state index is 0.625. The maximum Gasteiger partial charge on any atom is 0.107 e. The molecule has 1 saturated heterocycles. The molecule has 0 bridgehead atoms. The van der Waals surface area contributed by atoms with E-state index in [9.17, 15) is 5.26 Å². The Labute approximate surface area is 128 Å². The van der Waals surface area contributed by atoms with Crippen LogP contribution >= 0.6 is 0 Å². The molecule has 0 aromatic carbocycles. The Morgan fingerprint density at radius 2 is 1.91 bits per heavy atom. The third kappa shape index (κ3) is 1.94. The number of pyridine rings is 1. The van der Waals surface area contributed by atoms with E-state index in [1.807, 2.05) is 30.2 Å². The minimum Gasteiger partial charge on any atom is -0.370 e. The molecule has 4 rings (SSSR count). The first-order chi connectivity index (χ1) is 10.8. The quantitative estimate of drug-likeness (QED) is 0.726. The summed E-state index contributed by atoms with van der Waals surface area (Å²) in [5, 5.41) is 17.9. The molecular weight excluding hydrogens is 276 g/mol. The van der Waals surface area contributed by atoms with Crippen molar-refractivity contribution in [3.05, 3.63) is 36.4 Å². The van der Waals surface area contributed by atoms with E-state index in [0.29, 0.717) is 5.56 Å². The zero-order valence-corrected chi connectivity index (χ0v) is 12.4. The van der Waals surface area contributed by atoms with Gasteiger partial charge in [0.05, 0.1) is 23.6 Å². The molecule has 0 aliphatic carbocycles. The van der Waals surface area contributed by atoms with E-state index in [-0.39, 0.29) is 0 Å². The average Bonchev–Trinajstić information content (AvgIpc) is 3.26. The zero-order valence-electron chi connectivity index (χ0n) is 12.4. The summed E-state index contributed by atoms with van der Waals surface area (Å²) in [4.78, 5) is 2.34. The third-order valence-corrected chi connectivity index (χ3v) is 4.20. The van der Waals surface area contributed by atoms with Crippen LogP contribution in [0.3, 0.4) is 0 Å². The monoisotopic (exact) mass is 292 g/mol. The van der Waals surface area contributed by atoms with Crippen LogP contribution in [-0.2, 0) is 7.05 Å². The van der Waals surface area contributed by atoms with Crippen molar-refractivity contribution in [2.75, 3.05) is 18.0 Å². The molecule has 0 saturated carbocycles. The number of nitriles is 1. The first-order valence-corrected chi connectivity index (χ1v) is 7.42. The summed E-state index contributed by atoms with van der Waals surface area (Å²) in [6.07, 6.45) is 9.83. The van der Waals surface area contributed by atoms with Crippen molar-refractivity contribution in [2.45, 2.75) is 12.8 Å². The van der Waals surface area contributed by atoms with Gasteiger partial charge in [0.15, 0.2) is 0 Å². The predicted molar refractivity (Wildman–Crippen MR) is 83.6 cm³/mol. The lowest BCUT2D eigenvalue weighted by atomic mass is 10.1. The molecule has 0 N–H and O–H groups in total. The molecule has 0 atom stereocenters. The highest BCUT2D eigenvalue weighted by atomic mass is 15.3. The van der Waals surface area contributed by atoms with E-state index in [4.69, 9.17) is 0 Å². The first-order valence-electron chi connectivity index (χ1n) is 7.42. The Hall–Kier alpha value is -2.81. The molecule has 1 fully saturated rings. The van der Waals surface area contributed by atoms with Crippen LogP contribution in [-0.4, -0.2) is 32.5 Å². The van der Waals surface area contributed by atoms with E-state index in [1.165, 1.54) is 12.8 Å². The van der Waals surface area contributed by atoms with Gasteiger partial charge >= 0.3 is 0 Å². The van der Waals surface area contributed by atoms with Crippen LogP contribution in [0.5, 0.6) is 0 Å². The van der Waals surface area contributed by atoms with Crippen molar-refractivity contribution in [1.29, 1.82) is 5.26 Å². The van der Waals surface area contributed by atoms with Crippen molar-refractivity contribution in [3.63, 3.8) is 0 Å². The van der Waals surface area contributed by atoms with Gasteiger partial charge in [0.25, 0.3) is 0 Å². The number of hydrogen-bond donors (Lipinski definition) is 0. The fraction of sp³-hybridized carbons (Fsp3) is 0.312. The van der Waals surface area contributed by atoms with Crippen LogP contribution in [0.2, 0.25) is 0 Å². The summed E-state index contributed by atoms with van der Waals surface area (Å²) in [5.74, 6) is 0. The largest absolute Gasteiger partial charge is 0.370 e. The third-order valence-electron chi connectivity index (χ3n) is 4.20. The van der Waals surface area contributed by atoms with Crippen LogP contribution in [0.15, 0.2) is 30.9 Å². The molecule has 6 heteroatoms. The van der Waals surface area contributed by atoms with E-state index in [0.717, 1.165) is 35.4 Å². The number of aryl methyl sites for hydroxylation is 1. The molecule has 4 heterocycles. The molecule has 0 radical (unpaired) electrons. The zero-order chi connectivity index (χ0) is 15.1. The lowest BCUT2D eigenvalue weighted by molar-refractivity contribution is 0.768. The van der Waals surface area contributed by atoms with Crippen LogP contribution in [0, 0.1) is 11.3 Å². The molecule has 0 unspecified atom stereocenters. The number of fused-ring (bicyclic) bond motifs is 1. The van der Waals surface area contributed by atoms with Gasteiger partial charge in [-0.2, -0.15) is 15.5 Å². The minimum absolute atomic E-state index is 0.625. The highest BCUT2D eigenvalue weighted by Gasteiger charge is 2.19. The molecule has 0 spiro atoms. The van der Waals surface area contributed by atoms with Crippen molar-refractivity contribution >= 4 is 11.2 Å². The summed E-state index contributed by atoms with van der Waals surface area (Å²) in [5.41, 5.74) is 4.73. The summed E-state index contributed by atoms with van der Waals surface area (Å²) in [7, 11) is 1.91. The van der Waals surface area contributed by atoms with Gasteiger partial charge in [-0.25, -0.2) is 4.52 Å². The smallest absolute Gasteiger partial charge is 0.107 e. The second-order valence-corrected chi connectivity index (χ2v) is 5.67. The Morgan fingerprint density at radius 1 is 1.09 bits per heavy atom. The van der Waals surface area contributed by atoms with Gasteiger partial charge in [0.2, 0.25) is 0 Å². The number of nitrogens with zero attached hydrogens (tertiary/aromatic N) is 6. The highest BCUT2D eigenvalue weighted by molar-refractivity contribution is 5.83. The molecule has 0 amide bonds. The molecular formula is C16H16N6. The predicted octanol–water partition coefficient (Wildman–Crippen LogP) is 2.21. The van der Waals surface area contributed by atoms with Gasteiger partial charge in [-0.05, 0) is 18.9 Å². The van der Waals surface area contributed by atoms with Gasteiger partial charge < -0.3 is 4.90 Å². The average molecular weight is 292 g/mol. The fourth-order valence-corrected chi connectivity index (χ4v) is 3.11. The number of hydrogen-bond acceptors (Lipinski definition) is 4. The van der Waals surface area contributed by atoms with E-state index >= 15 is 0 Å². The lowest BCUT2D eigenvalue weighted by Crippen LogP contribution is -2.18. The van der Waals surface area contributed by atoms with E-state index < -0.39 is 0 Å². The van der Waals surface area contributed by atoms with Crippen molar-refractivity contribution in [3.8, 4) is 17.2 Å². The first kappa shape index (κ1) is 12.9. The second kappa shape index (κ2) is 4.88. The van der Waals surface area contributed by atoms with Crippen LogP contribution in [0.4, 0.5) is 5.69 Å².